The Labute approximate surface area is 206 Å². The highest BCUT2D eigenvalue weighted by Crippen LogP contribution is 2.49. The quantitative estimate of drug-likeness (QED) is 0.353. The Hall–Kier alpha value is -3.50. The molecule has 10 heteroatoms. The monoisotopic (exact) mass is 496 g/mol. The number of aliphatic hydroxyl groups is 1. The minimum atomic E-state index is -1.81. The predicted molar refractivity (Wildman–Crippen MR) is 131 cm³/mol. The number of rotatable bonds is 7. The van der Waals surface area contributed by atoms with E-state index in [0.717, 1.165) is 22.2 Å². The van der Waals surface area contributed by atoms with E-state index in [-0.39, 0.29) is 24.5 Å². The number of benzene rings is 1. The molecule has 3 aromatic heterocycles. The number of aromatic amines is 1. The van der Waals surface area contributed by atoms with E-state index in [4.69, 9.17) is 14.5 Å². The van der Waals surface area contributed by atoms with E-state index in [0.29, 0.717) is 29.9 Å². The van der Waals surface area contributed by atoms with E-state index < -0.39 is 22.8 Å². The molecule has 36 heavy (non-hydrogen) atoms. The molecule has 2 atom stereocenters. The van der Waals surface area contributed by atoms with Crippen molar-refractivity contribution >= 4 is 28.0 Å². The SMILES string of the molecule is COCC(C)(C)c1c(C2CC[C@@](O)(C(=O)O)C2)c2nc3[nH]ncc3cc2n1-c1ccc(F)c(OC)c1. The van der Waals surface area contributed by atoms with Gasteiger partial charge in [-0.2, -0.15) is 5.10 Å². The number of nitrogens with one attached hydrogen (secondary N) is 1. The average Bonchev–Trinajstić information content (AvgIpc) is 3.53. The van der Waals surface area contributed by atoms with Crippen molar-refractivity contribution in [1.29, 1.82) is 0 Å². The van der Waals surface area contributed by atoms with Crippen LogP contribution < -0.4 is 4.74 Å². The van der Waals surface area contributed by atoms with Gasteiger partial charge in [0, 0.05) is 40.9 Å². The van der Waals surface area contributed by atoms with Gasteiger partial charge in [0.15, 0.2) is 22.8 Å². The fourth-order valence-electron chi connectivity index (χ4n) is 5.59. The van der Waals surface area contributed by atoms with Gasteiger partial charge in [-0.15, -0.1) is 0 Å². The van der Waals surface area contributed by atoms with Crippen LogP contribution in [0.3, 0.4) is 0 Å². The zero-order chi connectivity index (χ0) is 25.8. The highest BCUT2D eigenvalue weighted by atomic mass is 19.1. The number of fused-ring (bicyclic) bond motifs is 2. The normalized spacial score (nSPS) is 20.4. The maximum atomic E-state index is 14.4. The van der Waals surface area contributed by atoms with Gasteiger partial charge in [0.05, 0.1) is 30.9 Å². The number of methoxy groups -OCH3 is 2. The van der Waals surface area contributed by atoms with Gasteiger partial charge in [-0.25, -0.2) is 14.2 Å². The summed E-state index contributed by atoms with van der Waals surface area (Å²) >= 11 is 0. The molecule has 0 amide bonds. The third-order valence-corrected chi connectivity index (χ3v) is 7.22. The van der Waals surface area contributed by atoms with Gasteiger partial charge in [-0.3, -0.25) is 5.10 Å². The van der Waals surface area contributed by atoms with Crippen molar-refractivity contribution < 1.29 is 28.9 Å². The molecule has 0 aliphatic heterocycles. The van der Waals surface area contributed by atoms with Gasteiger partial charge in [-0.05, 0) is 43.4 Å². The van der Waals surface area contributed by atoms with Crippen LogP contribution in [-0.2, 0) is 14.9 Å². The topological polar surface area (TPSA) is 122 Å². The number of carboxylic acids is 1. The van der Waals surface area contributed by atoms with Crippen LogP contribution in [0.2, 0.25) is 0 Å². The van der Waals surface area contributed by atoms with E-state index in [1.54, 1.807) is 25.4 Å². The Morgan fingerprint density at radius 1 is 1.33 bits per heavy atom. The van der Waals surface area contributed by atoms with Crippen molar-refractivity contribution in [3.05, 3.63) is 47.5 Å². The van der Waals surface area contributed by atoms with Gasteiger partial charge in [0.2, 0.25) is 0 Å². The van der Waals surface area contributed by atoms with Crippen molar-refractivity contribution in [2.24, 2.45) is 0 Å². The number of ether oxygens (including phenoxy) is 2. The number of H-pyrrole nitrogens is 1. The number of hydrogen-bond donors (Lipinski definition) is 3. The van der Waals surface area contributed by atoms with E-state index >= 15 is 0 Å². The molecular formula is C26H29FN4O5. The van der Waals surface area contributed by atoms with Crippen molar-refractivity contribution in [3.63, 3.8) is 0 Å². The Morgan fingerprint density at radius 2 is 2.11 bits per heavy atom. The lowest BCUT2D eigenvalue weighted by molar-refractivity contribution is -0.157. The molecule has 9 nitrogen and oxygen atoms in total. The van der Waals surface area contributed by atoms with Crippen LogP contribution in [0.15, 0.2) is 30.5 Å². The first-order valence-electron chi connectivity index (χ1n) is 11.8. The van der Waals surface area contributed by atoms with Crippen molar-refractivity contribution in [2.75, 3.05) is 20.8 Å². The molecule has 0 radical (unpaired) electrons. The maximum Gasteiger partial charge on any atom is 0.335 e. The molecule has 1 fully saturated rings. The summed E-state index contributed by atoms with van der Waals surface area (Å²) in [5.41, 5.74) is 2.05. The summed E-state index contributed by atoms with van der Waals surface area (Å²) in [7, 11) is 3.04. The van der Waals surface area contributed by atoms with Gasteiger partial charge in [0.1, 0.15) is 0 Å². The summed E-state index contributed by atoms with van der Waals surface area (Å²) < 4.78 is 27.2. The van der Waals surface area contributed by atoms with Crippen LogP contribution in [-0.4, -0.2) is 62.4 Å². The van der Waals surface area contributed by atoms with Crippen LogP contribution in [0.5, 0.6) is 5.75 Å². The van der Waals surface area contributed by atoms with Crippen LogP contribution in [0.4, 0.5) is 4.39 Å². The minimum absolute atomic E-state index is 0.0624. The van der Waals surface area contributed by atoms with Gasteiger partial charge >= 0.3 is 5.97 Å². The van der Waals surface area contributed by atoms with Crippen LogP contribution in [0.1, 0.15) is 50.3 Å². The lowest BCUT2D eigenvalue weighted by atomic mass is 9.82. The van der Waals surface area contributed by atoms with Gasteiger partial charge in [0.25, 0.3) is 0 Å². The van der Waals surface area contributed by atoms with E-state index in [1.165, 1.54) is 13.2 Å². The molecule has 1 aromatic carbocycles. The van der Waals surface area contributed by atoms with E-state index in [9.17, 15) is 19.4 Å². The number of carbonyl (C=O) groups is 1. The first-order valence-corrected chi connectivity index (χ1v) is 11.8. The Balaban J connectivity index is 1.88. The lowest BCUT2D eigenvalue weighted by Crippen LogP contribution is -2.35. The molecular weight excluding hydrogens is 467 g/mol. The Morgan fingerprint density at radius 3 is 2.78 bits per heavy atom. The first kappa shape index (κ1) is 24.2. The zero-order valence-corrected chi connectivity index (χ0v) is 20.6. The molecule has 4 aromatic rings. The molecule has 0 saturated heterocycles. The highest BCUT2D eigenvalue weighted by Gasteiger charge is 2.47. The van der Waals surface area contributed by atoms with E-state index in [1.807, 2.05) is 24.5 Å². The molecule has 190 valence electrons. The Kier molecular flexibility index (Phi) is 5.76. The average molecular weight is 497 g/mol. The second-order valence-corrected chi connectivity index (χ2v) is 10.2. The summed E-state index contributed by atoms with van der Waals surface area (Å²) in [4.78, 5) is 16.8. The number of carboxylic acid groups (broad SMARTS) is 1. The van der Waals surface area contributed by atoms with Crippen LogP contribution in [0.25, 0.3) is 27.8 Å². The molecule has 3 N–H and O–H groups in total. The molecule has 1 unspecified atom stereocenters. The smallest absolute Gasteiger partial charge is 0.335 e. The van der Waals surface area contributed by atoms with Crippen LogP contribution in [0, 0.1) is 5.82 Å². The van der Waals surface area contributed by atoms with E-state index in [2.05, 4.69) is 10.2 Å². The summed E-state index contributed by atoms with van der Waals surface area (Å²) in [6, 6.07) is 6.63. The summed E-state index contributed by atoms with van der Waals surface area (Å²) in [6.45, 7) is 4.44. The third kappa shape index (κ3) is 3.72. The third-order valence-electron chi connectivity index (χ3n) is 7.22. The van der Waals surface area contributed by atoms with Gasteiger partial charge < -0.3 is 24.3 Å². The second kappa shape index (κ2) is 8.56. The molecule has 0 bridgehead atoms. The summed E-state index contributed by atoms with van der Waals surface area (Å²) in [5, 5.41) is 28.3. The number of nitrogens with zero attached hydrogens (tertiary/aromatic N) is 3. The molecule has 1 aliphatic carbocycles. The fourth-order valence-corrected chi connectivity index (χ4v) is 5.59. The minimum Gasteiger partial charge on any atom is -0.494 e. The molecule has 5 rings (SSSR count). The largest absolute Gasteiger partial charge is 0.494 e. The van der Waals surface area contributed by atoms with Gasteiger partial charge in [-0.1, -0.05) is 13.8 Å². The number of aromatic nitrogens is 4. The standard InChI is InChI=1S/C26H29FN4O5/c1-25(2,13-35-3)22-20(14-7-8-26(34,11-14)24(32)33)21-18(9-15-12-28-30-23(15)29-21)31(22)16-5-6-17(27)19(10-16)36-4/h5-6,9-10,12,14,34H,7-8,11,13H2,1-4H3,(H,32,33)(H,28,29,30)/t14?,26-/m0/s1. The lowest BCUT2D eigenvalue weighted by Gasteiger charge is -2.29. The maximum absolute atomic E-state index is 14.4. The first-order chi connectivity index (χ1) is 17.1. The molecule has 3 heterocycles. The zero-order valence-electron chi connectivity index (χ0n) is 20.6. The number of aliphatic carboxylic acids is 1. The Bertz CT molecular complexity index is 1480. The fraction of sp³-hybridized carbons (Fsp3) is 0.423. The summed E-state index contributed by atoms with van der Waals surface area (Å²) in [5.74, 6) is -1.87. The number of pyridine rings is 1. The van der Waals surface area contributed by atoms with Crippen molar-refractivity contribution in [3.8, 4) is 11.4 Å². The van der Waals surface area contributed by atoms with Crippen molar-refractivity contribution in [1.82, 2.24) is 19.7 Å². The summed E-state index contributed by atoms with van der Waals surface area (Å²) in [6.07, 6.45) is 2.36. The highest BCUT2D eigenvalue weighted by molar-refractivity contribution is 5.94. The number of halogens is 1. The predicted octanol–water partition coefficient (Wildman–Crippen LogP) is 4.06. The molecule has 1 aliphatic rings. The molecule has 1 saturated carbocycles. The number of hydrogen-bond acceptors (Lipinski definition) is 6. The van der Waals surface area contributed by atoms with Crippen LogP contribution >= 0.6 is 0 Å². The van der Waals surface area contributed by atoms with Crippen molar-refractivity contribution in [2.45, 2.75) is 50.0 Å². The molecule has 0 spiro atoms. The second-order valence-electron chi connectivity index (χ2n) is 10.2.